The molecule has 2 atom stereocenters. The summed E-state index contributed by atoms with van der Waals surface area (Å²) in [6, 6.07) is 7.76. The lowest BCUT2D eigenvalue weighted by Crippen LogP contribution is -2.32. The monoisotopic (exact) mass is 286 g/mol. The van der Waals surface area contributed by atoms with E-state index in [0.29, 0.717) is 11.4 Å². The number of nitrogens with one attached hydrogen (secondary N) is 1. The van der Waals surface area contributed by atoms with Gasteiger partial charge in [-0.2, -0.15) is 0 Å². The first-order valence-electron chi connectivity index (χ1n) is 7.14. The second kappa shape index (κ2) is 5.69. The number of fused-ring (bicyclic) bond motifs is 1. The number of carboxylic acids is 1. The van der Waals surface area contributed by atoms with E-state index in [2.05, 4.69) is 17.2 Å². The number of pyridine rings is 1. The van der Waals surface area contributed by atoms with Gasteiger partial charge in [0.15, 0.2) is 0 Å². The molecule has 5 heteroatoms. The fourth-order valence-corrected chi connectivity index (χ4v) is 2.80. The Hall–Kier alpha value is -2.14. The van der Waals surface area contributed by atoms with E-state index in [4.69, 9.17) is 4.74 Å². The largest absolute Gasteiger partial charge is 0.478 e. The van der Waals surface area contributed by atoms with Gasteiger partial charge in [0.25, 0.3) is 0 Å². The van der Waals surface area contributed by atoms with Crippen molar-refractivity contribution in [2.24, 2.45) is 0 Å². The molecule has 21 heavy (non-hydrogen) atoms. The minimum Gasteiger partial charge on any atom is -0.478 e. The van der Waals surface area contributed by atoms with Crippen molar-refractivity contribution in [1.82, 2.24) is 4.98 Å². The van der Waals surface area contributed by atoms with Gasteiger partial charge in [0.1, 0.15) is 5.82 Å². The van der Waals surface area contributed by atoms with Crippen molar-refractivity contribution in [3.05, 3.63) is 36.0 Å². The van der Waals surface area contributed by atoms with Crippen LogP contribution in [0.2, 0.25) is 0 Å². The molecular formula is C16H18N2O3. The number of carboxylic acid groups (broad SMARTS) is 1. The molecule has 2 heterocycles. The molecule has 1 fully saturated rings. The molecule has 2 aromatic rings. The van der Waals surface area contributed by atoms with Crippen LogP contribution in [0.15, 0.2) is 30.5 Å². The first-order chi connectivity index (χ1) is 10.1. The second-order valence-corrected chi connectivity index (χ2v) is 5.42. The molecule has 1 aliphatic rings. The van der Waals surface area contributed by atoms with E-state index >= 15 is 0 Å². The Bertz CT molecular complexity index is 672. The second-order valence-electron chi connectivity index (χ2n) is 5.42. The van der Waals surface area contributed by atoms with Crippen LogP contribution in [0.4, 0.5) is 5.82 Å². The Balaban J connectivity index is 1.96. The third kappa shape index (κ3) is 2.83. The number of aromatic carboxylic acids is 1. The molecule has 3 rings (SSSR count). The molecule has 0 aliphatic carbocycles. The molecular weight excluding hydrogens is 268 g/mol. The highest BCUT2D eigenvalue weighted by Crippen LogP contribution is 2.26. The number of rotatable bonds is 3. The summed E-state index contributed by atoms with van der Waals surface area (Å²) < 4.78 is 5.55. The van der Waals surface area contributed by atoms with Crippen LogP contribution in [0.1, 0.15) is 30.1 Å². The van der Waals surface area contributed by atoms with Crippen molar-refractivity contribution < 1.29 is 14.6 Å². The third-order valence-corrected chi connectivity index (χ3v) is 3.85. The minimum atomic E-state index is -0.954. The average Bonchev–Trinajstić information content (AvgIpc) is 2.47. The van der Waals surface area contributed by atoms with Gasteiger partial charge in [-0.3, -0.25) is 0 Å². The summed E-state index contributed by atoms with van der Waals surface area (Å²) >= 11 is 0. The number of aromatic nitrogens is 1. The molecule has 1 saturated heterocycles. The van der Waals surface area contributed by atoms with E-state index in [-0.39, 0.29) is 11.7 Å². The standard InChI is InChI=1S/C16H18N2O3/c1-10-8-11(6-7-21-10)18-15-13-5-3-2-4-12(13)14(9-17-15)16(19)20/h2-5,9-11H,6-8H2,1H3,(H,17,18)(H,19,20). The SMILES string of the molecule is CC1CC(Nc2ncc(C(=O)O)c3ccccc23)CCO1. The van der Waals surface area contributed by atoms with Gasteiger partial charge in [-0.05, 0) is 19.8 Å². The maximum absolute atomic E-state index is 11.3. The van der Waals surface area contributed by atoms with Crippen LogP contribution in [0.3, 0.4) is 0 Å². The Morgan fingerprint density at radius 2 is 2.14 bits per heavy atom. The van der Waals surface area contributed by atoms with E-state index in [1.165, 1.54) is 6.20 Å². The van der Waals surface area contributed by atoms with Crippen LogP contribution < -0.4 is 5.32 Å². The van der Waals surface area contributed by atoms with Gasteiger partial charge in [0, 0.05) is 29.6 Å². The van der Waals surface area contributed by atoms with Gasteiger partial charge in [0.2, 0.25) is 0 Å². The molecule has 0 spiro atoms. The van der Waals surface area contributed by atoms with Crippen LogP contribution in [0.25, 0.3) is 10.8 Å². The number of benzene rings is 1. The maximum Gasteiger partial charge on any atom is 0.337 e. The van der Waals surface area contributed by atoms with Crippen molar-refractivity contribution in [1.29, 1.82) is 0 Å². The molecule has 2 N–H and O–H groups in total. The number of ether oxygens (including phenoxy) is 1. The van der Waals surface area contributed by atoms with Crippen LogP contribution in [-0.2, 0) is 4.74 Å². The fourth-order valence-electron chi connectivity index (χ4n) is 2.80. The number of carbonyl (C=O) groups is 1. The quantitative estimate of drug-likeness (QED) is 0.907. The topological polar surface area (TPSA) is 71.5 Å². The predicted octanol–water partition coefficient (Wildman–Crippen LogP) is 2.91. The highest BCUT2D eigenvalue weighted by molar-refractivity contribution is 6.06. The zero-order chi connectivity index (χ0) is 14.8. The zero-order valence-electron chi connectivity index (χ0n) is 11.9. The van der Waals surface area contributed by atoms with Crippen molar-refractivity contribution in [2.75, 3.05) is 11.9 Å². The van der Waals surface area contributed by atoms with Crippen molar-refractivity contribution >= 4 is 22.6 Å². The van der Waals surface area contributed by atoms with Crippen LogP contribution >= 0.6 is 0 Å². The first-order valence-corrected chi connectivity index (χ1v) is 7.14. The lowest BCUT2D eigenvalue weighted by atomic mass is 10.0. The molecule has 1 aromatic heterocycles. The smallest absolute Gasteiger partial charge is 0.337 e. The summed E-state index contributed by atoms with van der Waals surface area (Å²) in [5.74, 6) is -0.209. The molecule has 5 nitrogen and oxygen atoms in total. The molecule has 1 aromatic carbocycles. The van der Waals surface area contributed by atoms with Gasteiger partial charge >= 0.3 is 5.97 Å². The number of anilines is 1. The van der Waals surface area contributed by atoms with Crippen LogP contribution in [0.5, 0.6) is 0 Å². The lowest BCUT2D eigenvalue weighted by molar-refractivity contribution is 0.0232. The van der Waals surface area contributed by atoms with Crippen LogP contribution in [-0.4, -0.2) is 34.8 Å². The summed E-state index contributed by atoms with van der Waals surface area (Å²) in [6.07, 6.45) is 3.52. The number of hydrogen-bond acceptors (Lipinski definition) is 4. The van der Waals surface area contributed by atoms with E-state index in [9.17, 15) is 9.90 Å². The summed E-state index contributed by atoms with van der Waals surface area (Å²) in [5.41, 5.74) is 0.233. The Morgan fingerprint density at radius 3 is 2.86 bits per heavy atom. The van der Waals surface area contributed by atoms with Crippen molar-refractivity contribution in [2.45, 2.75) is 31.9 Å². The molecule has 110 valence electrons. The molecule has 0 amide bonds. The normalized spacial score (nSPS) is 22.1. The molecule has 0 saturated carbocycles. The summed E-state index contributed by atoms with van der Waals surface area (Å²) in [7, 11) is 0. The molecule has 2 unspecified atom stereocenters. The molecule has 1 aliphatic heterocycles. The summed E-state index contributed by atoms with van der Waals surface area (Å²) in [5, 5.41) is 14.2. The molecule has 0 bridgehead atoms. The highest BCUT2D eigenvalue weighted by Gasteiger charge is 2.21. The van der Waals surface area contributed by atoms with E-state index in [0.717, 1.165) is 30.7 Å². The van der Waals surface area contributed by atoms with Gasteiger partial charge in [0.05, 0.1) is 11.7 Å². The van der Waals surface area contributed by atoms with Gasteiger partial charge < -0.3 is 15.2 Å². The maximum atomic E-state index is 11.3. The Labute approximate surface area is 123 Å². The van der Waals surface area contributed by atoms with Gasteiger partial charge in [-0.15, -0.1) is 0 Å². The number of nitrogens with zero attached hydrogens (tertiary/aromatic N) is 1. The van der Waals surface area contributed by atoms with E-state index in [1.54, 1.807) is 0 Å². The van der Waals surface area contributed by atoms with Crippen molar-refractivity contribution in [3.63, 3.8) is 0 Å². The zero-order valence-corrected chi connectivity index (χ0v) is 11.9. The molecule has 0 radical (unpaired) electrons. The fraction of sp³-hybridized carbons (Fsp3) is 0.375. The average molecular weight is 286 g/mol. The summed E-state index contributed by atoms with van der Waals surface area (Å²) in [6.45, 7) is 2.80. The van der Waals surface area contributed by atoms with E-state index < -0.39 is 5.97 Å². The lowest BCUT2D eigenvalue weighted by Gasteiger charge is -2.28. The van der Waals surface area contributed by atoms with Crippen molar-refractivity contribution in [3.8, 4) is 0 Å². The van der Waals surface area contributed by atoms with Gasteiger partial charge in [-0.25, -0.2) is 9.78 Å². The third-order valence-electron chi connectivity index (χ3n) is 3.85. The minimum absolute atomic E-state index is 0.233. The summed E-state index contributed by atoms with van der Waals surface area (Å²) in [4.78, 5) is 15.6. The van der Waals surface area contributed by atoms with E-state index in [1.807, 2.05) is 24.3 Å². The first kappa shape index (κ1) is 13.8. The Morgan fingerprint density at radius 1 is 1.38 bits per heavy atom. The highest BCUT2D eigenvalue weighted by atomic mass is 16.5. The number of hydrogen-bond donors (Lipinski definition) is 2. The Kier molecular flexibility index (Phi) is 3.75. The predicted molar refractivity (Wildman–Crippen MR) is 80.8 cm³/mol. The van der Waals surface area contributed by atoms with Gasteiger partial charge in [-0.1, -0.05) is 24.3 Å². The van der Waals surface area contributed by atoms with Crippen LogP contribution in [0, 0.1) is 0 Å².